The number of amides is 4. The summed E-state index contributed by atoms with van der Waals surface area (Å²) in [5.41, 5.74) is 3.47. The van der Waals surface area contributed by atoms with Crippen molar-refractivity contribution >= 4 is 23.8 Å². The van der Waals surface area contributed by atoms with Gasteiger partial charge in [0, 0.05) is 19.5 Å². The molecule has 4 atom stereocenters. The van der Waals surface area contributed by atoms with Crippen LogP contribution in [0.4, 0.5) is 4.79 Å². The van der Waals surface area contributed by atoms with Gasteiger partial charge in [-0.3, -0.25) is 14.4 Å². The molecule has 0 bridgehead atoms. The number of carbonyl (C=O) groups excluding carboxylic acids is 4. The van der Waals surface area contributed by atoms with E-state index in [-0.39, 0.29) is 43.2 Å². The highest BCUT2D eigenvalue weighted by atomic mass is 16.5. The van der Waals surface area contributed by atoms with Crippen LogP contribution in [0.3, 0.4) is 0 Å². The number of nitrogens with one attached hydrogen (secondary N) is 3. The average molecular weight is 671 g/mol. The van der Waals surface area contributed by atoms with Crippen LogP contribution in [-0.2, 0) is 45.1 Å². The molecular weight excluding hydrogens is 620 g/mol. The number of hydrogen-bond acceptors (Lipinski definition) is 6. The predicted octanol–water partition coefficient (Wildman–Crippen LogP) is 4.53. The molecule has 4 rings (SSSR count). The number of rotatable bonds is 13. The van der Waals surface area contributed by atoms with E-state index in [0.717, 1.165) is 22.3 Å². The maximum absolute atomic E-state index is 14.0. The van der Waals surface area contributed by atoms with E-state index in [1.807, 2.05) is 106 Å². The van der Waals surface area contributed by atoms with Gasteiger partial charge < -0.3 is 30.7 Å². The number of nitrogens with zero attached hydrogens (tertiary/aromatic N) is 1. The van der Waals surface area contributed by atoms with Crippen LogP contribution in [0.5, 0.6) is 0 Å². The van der Waals surface area contributed by atoms with Crippen LogP contribution in [-0.4, -0.2) is 64.6 Å². The lowest BCUT2D eigenvalue weighted by Crippen LogP contribution is -2.57. The number of benzene rings is 3. The second-order valence-corrected chi connectivity index (χ2v) is 14.3. The topological polar surface area (TPSA) is 137 Å². The fourth-order valence-corrected chi connectivity index (χ4v) is 5.78. The summed E-state index contributed by atoms with van der Waals surface area (Å²) in [6.07, 6.45) is -1.75. The van der Waals surface area contributed by atoms with E-state index in [1.165, 1.54) is 4.90 Å². The van der Waals surface area contributed by atoms with Gasteiger partial charge >= 0.3 is 6.09 Å². The first kappa shape index (κ1) is 37.1. The van der Waals surface area contributed by atoms with Gasteiger partial charge in [-0.15, -0.1) is 0 Å². The molecule has 0 saturated carbocycles. The van der Waals surface area contributed by atoms with Crippen molar-refractivity contribution in [1.82, 2.24) is 20.9 Å². The van der Waals surface area contributed by atoms with Crippen molar-refractivity contribution < 1.29 is 29.0 Å². The summed E-state index contributed by atoms with van der Waals surface area (Å²) in [6.45, 7) is 10.4. The molecule has 10 heteroatoms. The Morgan fingerprint density at radius 1 is 0.857 bits per heavy atom. The number of ether oxygens (including phenoxy) is 1. The molecule has 0 saturated heterocycles. The summed E-state index contributed by atoms with van der Waals surface area (Å²) in [6, 6.07) is 23.7. The largest absolute Gasteiger partial charge is 0.445 e. The van der Waals surface area contributed by atoms with E-state index < -0.39 is 42.1 Å². The van der Waals surface area contributed by atoms with Gasteiger partial charge in [-0.25, -0.2) is 4.79 Å². The zero-order valence-electron chi connectivity index (χ0n) is 29.1. The number of fused-ring (bicyclic) bond motifs is 1. The second kappa shape index (κ2) is 17.1. The third-order valence-electron chi connectivity index (χ3n) is 8.57. The third-order valence-corrected chi connectivity index (χ3v) is 8.57. The van der Waals surface area contributed by atoms with Gasteiger partial charge in [-0.2, -0.15) is 0 Å². The Morgan fingerprint density at radius 2 is 1.45 bits per heavy atom. The average Bonchev–Trinajstić information content (AvgIpc) is 3.08. The minimum atomic E-state index is -1.29. The first-order valence-electron chi connectivity index (χ1n) is 16.9. The smallest absolute Gasteiger partial charge is 0.408 e. The molecule has 262 valence electrons. The molecule has 0 aliphatic carbocycles. The van der Waals surface area contributed by atoms with Crippen molar-refractivity contribution in [1.29, 1.82) is 0 Å². The summed E-state index contributed by atoms with van der Waals surface area (Å²) in [7, 11) is 0. The van der Waals surface area contributed by atoms with Gasteiger partial charge in [0.2, 0.25) is 17.7 Å². The first-order valence-corrected chi connectivity index (χ1v) is 16.9. The molecule has 0 unspecified atom stereocenters. The maximum Gasteiger partial charge on any atom is 0.408 e. The van der Waals surface area contributed by atoms with E-state index in [1.54, 1.807) is 13.8 Å². The minimum Gasteiger partial charge on any atom is -0.445 e. The molecule has 4 N–H and O–H groups in total. The summed E-state index contributed by atoms with van der Waals surface area (Å²) >= 11 is 0. The standard InChI is InChI=1S/C39H50N4O6/c1-26(2)35(42-38(48)49-24-28-16-10-7-11-17-28)37(47)41-31(20-27-14-8-6-9-15-27)33(44)22-34(45)43-23-30-19-13-12-18-29(30)21-32(43)36(46)40-25-39(3,4)5/h6-19,26,31-33,35,44H,20-25H2,1-5H3,(H,40,46)(H,41,47)(H,42,48)/t31-,32-,33-,35-/m0/s1. The summed E-state index contributed by atoms with van der Waals surface area (Å²) in [5.74, 6) is -1.45. The maximum atomic E-state index is 14.0. The van der Waals surface area contributed by atoms with Gasteiger partial charge in [0.25, 0.3) is 0 Å². The lowest BCUT2D eigenvalue weighted by Gasteiger charge is -2.37. The van der Waals surface area contributed by atoms with Crippen LogP contribution in [0.15, 0.2) is 84.9 Å². The van der Waals surface area contributed by atoms with Gasteiger partial charge in [0.05, 0.1) is 18.6 Å². The second-order valence-electron chi connectivity index (χ2n) is 14.3. The zero-order valence-corrected chi connectivity index (χ0v) is 29.1. The molecule has 10 nitrogen and oxygen atoms in total. The van der Waals surface area contributed by atoms with Crippen LogP contribution in [0, 0.1) is 11.3 Å². The first-order chi connectivity index (χ1) is 23.3. The van der Waals surface area contributed by atoms with E-state index in [0.29, 0.717) is 13.0 Å². The van der Waals surface area contributed by atoms with Gasteiger partial charge in [-0.1, -0.05) is 120 Å². The molecule has 0 spiro atoms. The van der Waals surface area contributed by atoms with Crippen molar-refractivity contribution in [2.45, 2.75) is 91.3 Å². The minimum absolute atomic E-state index is 0.0484. The Balaban J connectivity index is 1.49. The monoisotopic (exact) mass is 670 g/mol. The van der Waals surface area contributed by atoms with Crippen LogP contribution in [0.25, 0.3) is 0 Å². The van der Waals surface area contributed by atoms with Crippen molar-refractivity contribution in [3.8, 4) is 0 Å². The highest BCUT2D eigenvalue weighted by molar-refractivity contribution is 5.89. The summed E-state index contributed by atoms with van der Waals surface area (Å²) in [5, 5.41) is 20.2. The zero-order chi connectivity index (χ0) is 35.6. The summed E-state index contributed by atoms with van der Waals surface area (Å²) in [4.78, 5) is 55.3. The van der Waals surface area contributed by atoms with Crippen LogP contribution >= 0.6 is 0 Å². The molecule has 3 aromatic rings. The highest BCUT2D eigenvalue weighted by Gasteiger charge is 2.37. The van der Waals surface area contributed by atoms with Gasteiger partial charge in [0.15, 0.2) is 0 Å². The third kappa shape index (κ3) is 11.2. The lowest BCUT2D eigenvalue weighted by molar-refractivity contribution is -0.144. The van der Waals surface area contributed by atoms with E-state index in [2.05, 4.69) is 16.0 Å². The van der Waals surface area contributed by atoms with E-state index in [4.69, 9.17) is 4.74 Å². The number of carbonyl (C=O) groups is 4. The van der Waals surface area contributed by atoms with Gasteiger partial charge in [-0.05, 0) is 40.0 Å². The van der Waals surface area contributed by atoms with Crippen molar-refractivity contribution in [3.05, 3.63) is 107 Å². The Bertz CT molecular complexity index is 1560. The van der Waals surface area contributed by atoms with Gasteiger partial charge in [0.1, 0.15) is 18.7 Å². The molecule has 49 heavy (non-hydrogen) atoms. The van der Waals surface area contributed by atoms with E-state index >= 15 is 0 Å². The molecule has 0 fully saturated rings. The van der Waals surface area contributed by atoms with Crippen molar-refractivity contribution in [3.63, 3.8) is 0 Å². The normalized spacial score (nSPS) is 16.1. The highest BCUT2D eigenvalue weighted by Crippen LogP contribution is 2.25. The Morgan fingerprint density at radius 3 is 2.06 bits per heavy atom. The molecular formula is C39H50N4O6. The number of alkyl carbamates (subject to hydrolysis) is 1. The molecule has 4 amide bonds. The van der Waals surface area contributed by atoms with Crippen LogP contribution in [0.1, 0.15) is 63.3 Å². The molecule has 3 aromatic carbocycles. The molecule has 1 aliphatic heterocycles. The van der Waals surface area contributed by atoms with E-state index in [9.17, 15) is 24.3 Å². The van der Waals surface area contributed by atoms with Crippen molar-refractivity contribution in [2.75, 3.05) is 6.54 Å². The fourth-order valence-electron chi connectivity index (χ4n) is 5.78. The SMILES string of the molecule is CC(C)[C@H](NC(=O)OCc1ccccc1)C(=O)N[C@@H](Cc1ccccc1)[C@@H](O)CC(=O)N1Cc2ccccc2C[C@H]1C(=O)NCC(C)(C)C. The summed E-state index contributed by atoms with van der Waals surface area (Å²) < 4.78 is 5.35. The quantitative estimate of drug-likeness (QED) is 0.211. The fraction of sp³-hybridized carbons (Fsp3) is 0.436. The molecule has 0 aromatic heterocycles. The number of hydrogen-bond donors (Lipinski definition) is 4. The van der Waals surface area contributed by atoms with Crippen molar-refractivity contribution in [2.24, 2.45) is 11.3 Å². The Hall–Kier alpha value is -4.70. The molecule has 1 heterocycles. The predicted molar refractivity (Wildman–Crippen MR) is 188 cm³/mol. The number of aliphatic hydroxyl groups excluding tert-OH is 1. The molecule has 0 radical (unpaired) electrons. The Labute approximate surface area is 289 Å². The lowest BCUT2D eigenvalue weighted by atomic mass is 9.91. The Kier molecular flexibility index (Phi) is 13.0. The van der Waals surface area contributed by atoms with Crippen LogP contribution < -0.4 is 16.0 Å². The van der Waals surface area contributed by atoms with Crippen LogP contribution in [0.2, 0.25) is 0 Å². The molecule has 1 aliphatic rings. The number of aliphatic hydroxyl groups is 1.